The second-order valence-corrected chi connectivity index (χ2v) is 5.49. The van der Waals surface area contributed by atoms with Crippen LogP contribution in [0, 0.1) is 11.8 Å². The van der Waals surface area contributed by atoms with Crippen LogP contribution in [0.2, 0.25) is 0 Å². The van der Waals surface area contributed by atoms with Crippen molar-refractivity contribution in [1.82, 2.24) is 10.6 Å². The molecule has 0 unspecified atom stereocenters. The summed E-state index contributed by atoms with van der Waals surface area (Å²) in [5.41, 5.74) is 0. The van der Waals surface area contributed by atoms with Crippen molar-refractivity contribution in [3.05, 3.63) is 0 Å². The standard InChI is InChI=1S/C13H24N2O3/c1-9(2)7-11(13(17)18)15-12(16)8-10-3-5-14-6-4-10/h9-11,14H,3-8H2,1-2H3,(H,15,16)(H,17,18)/t11-/m0/s1. The second-order valence-electron chi connectivity index (χ2n) is 5.49. The molecule has 0 bridgehead atoms. The maximum atomic E-state index is 11.8. The van der Waals surface area contributed by atoms with E-state index in [9.17, 15) is 9.59 Å². The maximum absolute atomic E-state index is 11.8. The highest BCUT2D eigenvalue weighted by molar-refractivity contribution is 5.83. The van der Waals surface area contributed by atoms with E-state index in [2.05, 4.69) is 10.6 Å². The third-order valence-electron chi connectivity index (χ3n) is 3.27. The van der Waals surface area contributed by atoms with Crippen LogP contribution in [0.3, 0.4) is 0 Å². The van der Waals surface area contributed by atoms with Gasteiger partial charge in [-0.15, -0.1) is 0 Å². The van der Waals surface area contributed by atoms with E-state index in [0.717, 1.165) is 25.9 Å². The lowest BCUT2D eigenvalue weighted by molar-refractivity contribution is -0.142. The molecule has 0 aromatic carbocycles. The molecule has 0 radical (unpaired) electrons. The fraction of sp³-hybridized carbons (Fsp3) is 0.846. The number of hydrogen-bond donors (Lipinski definition) is 3. The predicted octanol–water partition coefficient (Wildman–Crippen LogP) is 0.992. The summed E-state index contributed by atoms with van der Waals surface area (Å²) in [5.74, 6) is -0.428. The molecule has 18 heavy (non-hydrogen) atoms. The Morgan fingerprint density at radius 1 is 1.33 bits per heavy atom. The van der Waals surface area contributed by atoms with E-state index in [4.69, 9.17) is 5.11 Å². The molecule has 0 spiro atoms. The van der Waals surface area contributed by atoms with Gasteiger partial charge >= 0.3 is 5.97 Å². The van der Waals surface area contributed by atoms with Crippen molar-refractivity contribution in [2.45, 2.75) is 45.6 Å². The van der Waals surface area contributed by atoms with Crippen LogP contribution in [-0.4, -0.2) is 36.1 Å². The molecule has 1 atom stereocenters. The maximum Gasteiger partial charge on any atom is 0.326 e. The number of carboxylic acid groups (broad SMARTS) is 1. The Balaban J connectivity index is 2.37. The zero-order valence-corrected chi connectivity index (χ0v) is 11.2. The van der Waals surface area contributed by atoms with Crippen LogP contribution in [0.15, 0.2) is 0 Å². The number of rotatable bonds is 6. The Kier molecular flexibility index (Phi) is 6.12. The van der Waals surface area contributed by atoms with Crippen molar-refractivity contribution < 1.29 is 14.7 Å². The molecule has 0 saturated carbocycles. The normalized spacial score (nSPS) is 18.6. The Morgan fingerprint density at radius 3 is 2.44 bits per heavy atom. The van der Waals surface area contributed by atoms with E-state index in [1.807, 2.05) is 13.8 Å². The lowest BCUT2D eigenvalue weighted by Crippen LogP contribution is -2.42. The lowest BCUT2D eigenvalue weighted by atomic mass is 9.94. The van der Waals surface area contributed by atoms with Crippen molar-refractivity contribution in [2.75, 3.05) is 13.1 Å². The van der Waals surface area contributed by atoms with Crippen LogP contribution in [0.1, 0.15) is 39.5 Å². The van der Waals surface area contributed by atoms with Crippen molar-refractivity contribution in [3.8, 4) is 0 Å². The Hall–Kier alpha value is -1.10. The van der Waals surface area contributed by atoms with Crippen molar-refractivity contribution in [3.63, 3.8) is 0 Å². The molecule has 1 rings (SSSR count). The predicted molar refractivity (Wildman–Crippen MR) is 69.2 cm³/mol. The Bertz CT molecular complexity index is 286. The van der Waals surface area contributed by atoms with Gasteiger partial charge in [-0.2, -0.15) is 0 Å². The first-order valence-electron chi connectivity index (χ1n) is 6.72. The van der Waals surface area contributed by atoms with E-state index in [1.54, 1.807) is 0 Å². The minimum absolute atomic E-state index is 0.130. The number of carbonyl (C=O) groups is 2. The van der Waals surface area contributed by atoms with Crippen LogP contribution in [0.25, 0.3) is 0 Å². The highest BCUT2D eigenvalue weighted by Gasteiger charge is 2.23. The minimum atomic E-state index is -0.942. The Labute approximate surface area is 108 Å². The summed E-state index contributed by atoms with van der Waals surface area (Å²) in [7, 11) is 0. The van der Waals surface area contributed by atoms with Gasteiger partial charge < -0.3 is 15.7 Å². The number of hydrogen-bond acceptors (Lipinski definition) is 3. The van der Waals surface area contributed by atoms with Crippen LogP contribution >= 0.6 is 0 Å². The molecule has 1 amide bonds. The molecule has 1 fully saturated rings. The summed E-state index contributed by atoms with van der Waals surface area (Å²) >= 11 is 0. The number of piperidine rings is 1. The summed E-state index contributed by atoms with van der Waals surface area (Å²) in [5, 5.41) is 14.9. The molecule has 1 aliphatic heterocycles. The largest absolute Gasteiger partial charge is 0.480 e. The number of nitrogens with one attached hydrogen (secondary N) is 2. The highest BCUT2D eigenvalue weighted by atomic mass is 16.4. The van der Waals surface area contributed by atoms with Crippen molar-refractivity contribution in [1.29, 1.82) is 0 Å². The number of carboxylic acids is 1. The van der Waals surface area contributed by atoms with Gasteiger partial charge in [-0.1, -0.05) is 13.8 Å². The summed E-state index contributed by atoms with van der Waals surface area (Å²) in [6, 6.07) is -0.751. The minimum Gasteiger partial charge on any atom is -0.480 e. The molecule has 104 valence electrons. The lowest BCUT2D eigenvalue weighted by Gasteiger charge is -2.23. The average Bonchev–Trinajstić information content (AvgIpc) is 2.28. The summed E-state index contributed by atoms with van der Waals surface area (Å²) in [4.78, 5) is 22.9. The molecule has 0 aromatic rings. The summed E-state index contributed by atoms with van der Waals surface area (Å²) in [6.07, 6.45) is 2.92. The first-order valence-corrected chi connectivity index (χ1v) is 6.72. The van der Waals surface area contributed by atoms with Crippen LogP contribution in [0.5, 0.6) is 0 Å². The second kappa shape index (κ2) is 7.36. The molecule has 3 N–H and O–H groups in total. The smallest absolute Gasteiger partial charge is 0.326 e. The summed E-state index contributed by atoms with van der Waals surface area (Å²) < 4.78 is 0. The molecule has 1 heterocycles. The number of amides is 1. The van der Waals surface area contributed by atoms with Gasteiger partial charge in [-0.25, -0.2) is 4.79 Å². The SMILES string of the molecule is CC(C)C[C@H](NC(=O)CC1CCNCC1)C(=O)O. The van der Waals surface area contributed by atoms with Crippen LogP contribution in [-0.2, 0) is 9.59 Å². The van der Waals surface area contributed by atoms with Gasteiger partial charge in [0.1, 0.15) is 6.04 Å². The first-order chi connectivity index (χ1) is 8.49. The van der Waals surface area contributed by atoms with E-state index >= 15 is 0 Å². The molecule has 0 aromatic heterocycles. The number of aliphatic carboxylic acids is 1. The van der Waals surface area contributed by atoms with Gasteiger partial charge in [0.25, 0.3) is 0 Å². The van der Waals surface area contributed by atoms with Crippen LogP contribution in [0.4, 0.5) is 0 Å². The van der Waals surface area contributed by atoms with Gasteiger partial charge in [0.05, 0.1) is 0 Å². The zero-order valence-electron chi connectivity index (χ0n) is 11.2. The molecule has 1 saturated heterocycles. The third kappa shape index (κ3) is 5.49. The molecule has 5 heteroatoms. The topological polar surface area (TPSA) is 78.4 Å². The fourth-order valence-corrected chi connectivity index (χ4v) is 2.29. The molecule has 1 aliphatic rings. The fourth-order valence-electron chi connectivity index (χ4n) is 2.29. The quantitative estimate of drug-likeness (QED) is 0.662. The highest BCUT2D eigenvalue weighted by Crippen LogP contribution is 2.16. The number of carbonyl (C=O) groups excluding carboxylic acids is 1. The van der Waals surface area contributed by atoms with Gasteiger partial charge in [0.2, 0.25) is 5.91 Å². The Morgan fingerprint density at radius 2 is 1.94 bits per heavy atom. The molecule has 5 nitrogen and oxygen atoms in total. The van der Waals surface area contributed by atoms with E-state index in [0.29, 0.717) is 18.8 Å². The third-order valence-corrected chi connectivity index (χ3v) is 3.27. The monoisotopic (exact) mass is 256 g/mol. The van der Waals surface area contributed by atoms with E-state index in [-0.39, 0.29) is 11.8 Å². The molecular weight excluding hydrogens is 232 g/mol. The van der Waals surface area contributed by atoms with Crippen molar-refractivity contribution in [2.24, 2.45) is 11.8 Å². The summed E-state index contributed by atoms with van der Waals surface area (Å²) in [6.45, 7) is 5.81. The first kappa shape index (κ1) is 15.0. The van der Waals surface area contributed by atoms with Gasteiger partial charge in [0.15, 0.2) is 0 Å². The van der Waals surface area contributed by atoms with Gasteiger partial charge in [0, 0.05) is 6.42 Å². The van der Waals surface area contributed by atoms with Crippen LogP contribution < -0.4 is 10.6 Å². The zero-order chi connectivity index (χ0) is 13.5. The van der Waals surface area contributed by atoms with Crippen molar-refractivity contribution >= 4 is 11.9 Å². The van der Waals surface area contributed by atoms with E-state index < -0.39 is 12.0 Å². The van der Waals surface area contributed by atoms with Gasteiger partial charge in [-0.3, -0.25) is 4.79 Å². The van der Waals surface area contributed by atoms with E-state index in [1.165, 1.54) is 0 Å². The average molecular weight is 256 g/mol. The molecular formula is C13H24N2O3. The molecule has 0 aliphatic carbocycles. The van der Waals surface area contributed by atoms with Gasteiger partial charge in [-0.05, 0) is 44.2 Å².